The van der Waals surface area contributed by atoms with Crippen molar-refractivity contribution in [2.24, 2.45) is 0 Å². The molecule has 0 atom stereocenters. The Hall–Kier alpha value is -2.47. The van der Waals surface area contributed by atoms with E-state index in [1.807, 2.05) is 32.9 Å². The van der Waals surface area contributed by atoms with Gasteiger partial charge in [0.25, 0.3) is 11.4 Å². The van der Waals surface area contributed by atoms with Crippen molar-refractivity contribution in [3.05, 3.63) is 63.2 Å². The van der Waals surface area contributed by atoms with Crippen molar-refractivity contribution in [3.8, 4) is 11.6 Å². The van der Waals surface area contributed by atoms with Crippen molar-refractivity contribution < 1.29 is 4.52 Å². The van der Waals surface area contributed by atoms with E-state index in [0.29, 0.717) is 29.0 Å². The summed E-state index contributed by atoms with van der Waals surface area (Å²) in [6, 6.07) is 10.3. The minimum atomic E-state index is -0.223. The highest BCUT2D eigenvalue weighted by atomic mass is 35.5. The second-order valence-corrected chi connectivity index (χ2v) is 6.95. The van der Waals surface area contributed by atoms with Gasteiger partial charge in [0.2, 0.25) is 0 Å². The topological polar surface area (TPSA) is 73.8 Å². The maximum Gasteiger partial charge on any atom is 0.278 e. The van der Waals surface area contributed by atoms with Crippen LogP contribution >= 0.6 is 11.6 Å². The minimum Gasteiger partial charge on any atom is -0.332 e. The second-order valence-electron chi connectivity index (χ2n) is 6.51. The first-order chi connectivity index (χ1) is 11.3. The lowest BCUT2D eigenvalue weighted by molar-refractivity contribution is 0.400. The molecule has 1 aromatic carbocycles. The highest BCUT2D eigenvalue weighted by molar-refractivity contribution is 6.30. The van der Waals surface area contributed by atoms with Crippen molar-refractivity contribution in [2.45, 2.75) is 32.7 Å². The van der Waals surface area contributed by atoms with Crippen LogP contribution < -0.4 is 5.56 Å². The first-order valence-electron chi connectivity index (χ1n) is 7.50. The van der Waals surface area contributed by atoms with Crippen LogP contribution in [-0.4, -0.2) is 19.9 Å². The average molecular weight is 345 g/mol. The van der Waals surface area contributed by atoms with Crippen molar-refractivity contribution >= 4 is 11.6 Å². The fourth-order valence-corrected chi connectivity index (χ4v) is 2.20. The molecule has 124 valence electrons. The number of rotatable bonds is 3. The van der Waals surface area contributed by atoms with Gasteiger partial charge in [-0.25, -0.2) is 4.68 Å². The number of aromatic nitrogens is 4. The summed E-state index contributed by atoms with van der Waals surface area (Å²) in [5.41, 5.74) is 0.961. The molecule has 2 aromatic heterocycles. The molecule has 0 aliphatic heterocycles. The van der Waals surface area contributed by atoms with E-state index >= 15 is 0 Å². The second kappa shape index (κ2) is 6.20. The fourth-order valence-electron chi connectivity index (χ4n) is 2.07. The monoisotopic (exact) mass is 344 g/mol. The Bertz CT molecular complexity index is 907. The molecule has 0 fully saturated rings. The highest BCUT2D eigenvalue weighted by Crippen LogP contribution is 2.22. The molecule has 3 aromatic rings. The van der Waals surface area contributed by atoms with Crippen LogP contribution in [0.3, 0.4) is 0 Å². The summed E-state index contributed by atoms with van der Waals surface area (Å²) in [6.45, 7) is 6.33. The third-order valence-corrected chi connectivity index (χ3v) is 3.68. The average Bonchev–Trinajstić information content (AvgIpc) is 3.02. The zero-order valence-electron chi connectivity index (χ0n) is 13.7. The quantitative estimate of drug-likeness (QED) is 0.728. The lowest BCUT2D eigenvalue weighted by atomic mass is 9.96. The van der Waals surface area contributed by atoms with E-state index in [9.17, 15) is 4.79 Å². The maximum atomic E-state index is 12.0. The van der Waals surface area contributed by atoms with Crippen molar-refractivity contribution in [2.75, 3.05) is 0 Å². The lowest BCUT2D eigenvalue weighted by Gasteiger charge is -2.10. The Morgan fingerprint density at radius 1 is 1.12 bits per heavy atom. The molecule has 3 rings (SSSR count). The molecule has 0 aliphatic carbocycles. The standard InChI is InChI=1S/C17H17ClN4O2/c1-17(2,3)16-19-15(24-21-16)13-8-9-14(23)22(20-13)10-11-4-6-12(18)7-5-11/h4-9H,10H2,1-3H3. The third-order valence-electron chi connectivity index (χ3n) is 3.43. The van der Waals surface area contributed by atoms with E-state index in [1.165, 1.54) is 10.7 Å². The molecular weight excluding hydrogens is 328 g/mol. The molecule has 0 aliphatic rings. The summed E-state index contributed by atoms with van der Waals surface area (Å²) in [6.07, 6.45) is 0. The molecule has 0 saturated heterocycles. The van der Waals surface area contributed by atoms with Gasteiger partial charge in [0.15, 0.2) is 5.82 Å². The van der Waals surface area contributed by atoms with E-state index in [0.717, 1.165) is 5.56 Å². The first kappa shape index (κ1) is 16.4. The first-order valence-corrected chi connectivity index (χ1v) is 7.88. The zero-order chi connectivity index (χ0) is 17.3. The Morgan fingerprint density at radius 2 is 1.83 bits per heavy atom. The molecule has 0 N–H and O–H groups in total. The van der Waals surface area contributed by atoms with Gasteiger partial charge in [-0.15, -0.1) is 0 Å². The molecule has 2 heterocycles. The van der Waals surface area contributed by atoms with Crippen LogP contribution in [0.15, 0.2) is 45.7 Å². The summed E-state index contributed by atoms with van der Waals surface area (Å²) < 4.78 is 6.64. The van der Waals surface area contributed by atoms with Gasteiger partial charge >= 0.3 is 0 Å². The number of benzene rings is 1. The van der Waals surface area contributed by atoms with Crippen molar-refractivity contribution in [1.82, 2.24) is 19.9 Å². The molecule has 6 nitrogen and oxygen atoms in total. The molecule has 0 saturated carbocycles. The van der Waals surface area contributed by atoms with Crippen molar-refractivity contribution in [1.29, 1.82) is 0 Å². The maximum absolute atomic E-state index is 12.0. The molecule has 0 radical (unpaired) electrons. The molecular formula is C17H17ClN4O2. The van der Waals surface area contributed by atoms with Crippen LogP contribution in [0.2, 0.25) is 5.02 Å². The largest absolute Gasteiger partial charge is 0.332 e. The summed E-state index contributed by atoms with van der Waals surface area (Å²) in [7, 11) is 0. The van der Waals surface area contributed by atoms with Gasteiger partial charge in [-0.2, -0.15) is 10.1 Å². The van der Waals surface area contributed by atoms with Crippen LogP contribution in [0.25, 0.3) is 11.6 Å². The van der Waals surface area contributed by atoms with E-state index in [-0.39, 0.29) is 11.0 Å². The van der Waals surface area contributed by atoms with Crippen LogP contribution in [0.5, 0.6) is 0 Å². The van der Waals surface area contributed by atoms with Crippen molar-refractivity contribution in [3.63, 3.8) is 0 Å². The normalized spacial score (nSPS) is 11.7. The Labute approximate surface area is 144 Å². The number of halogens is 1. The highest BCUT2D eigenvalue weighted by Gasteiger charge is 2.22. The third kappa shape index (κ3) is 3.54. The van der Waals surface area contributed by atoms with Crippen LogP contribution in [0.1, 0.15) is 32.2 Å². The molecule has 0 bridgehead atoms. The molecule has 7 heteroatoms. The fraction of sp³-hybridized carbons (Fsp3) is 0.294. The van der Waals surface area contributed by atoms with Gasteiger partial charge in [0.1, 0.15) is 5.69 Å². The molecule has 24 heavy (non-hydrogen) atoms. The number of hydrogen-bond acceptors (Lipinski definition) is 5. The van der Waals surface area contributed by atoms with Gasteiger partial charge in [-0.3, -0.25) is 4.79 Å². The van der Waals surface area contributed by atoms with Gasteiger partial charge in [0.05, 0.1) is 6.54 Å². The summed E-state index contributed by atoms with van der Waals surface area (Å²) in [5, 5.41) is 8.96. The van der Waals surface area contributed by atoms with E-state index in [4.69, 9.17) is 16.1 Å². The predicted octanol–water partition coefficient (Wildman–Crippen LogP) is 3.29. The lowest BCUT2D eigenvalue weighted by Crippen LogP contribution is -2.22. The van der Waals surface area contributed by atoms with Crippen LogP contribution in [-0.2, 0) is 12.0 Å². The molecule has 0 amide bonds. The van der Waals surface area contributed by atoms with Crippen LogP contribution in [0.4, 0.5) is 0 Å². The summed E-state index contributed by atoms with van der Waals surface area (Å²) in [4.78, 5) is 16.4. The van der Waals surface area contributed by atoms with Crippen LogP contribution in [0, 0.1) is 0 Å². The summed E-state index contributed by atoms with van der Waals surface area (Å²) in [5.74, 6) is 0.888. The predicted molar refractivity (Wildman–Crippen MR) is 91.0 cm³/mol. The minimum absolute atomic E-state index is 0.204. The molecule has 0 spiro atoms. The smallest absolute Gasteiger partial charge is 0.278 e. The van der Waals surface area contributed by atoms with E-state index < -0.39 is 0 Å². The summed E-state index contributed by atoms with van der Waals surface area (Å²) >= 11 is 5.88. The van der Waals surface area contributed by atoms with E-state index in [1.54, 1.807) is 18.2 Å². The SMILES string of the molecule is CC(C)(C)c1noc(-c2ccc(=O)n(Cc3ccc(Cl)cc3)n2)n1. The zero-order valence-corrected chi connectivity index (χ0v) is 14.4. The van der Waals surface area contributed by atoms with Gasteiger partial charge in [0, 0.05) is 16.5 Å². The Morgan fingerprint density at radius 3 is 2.46 bits per heavy atom. The van der Waals surface area contributed by atoms with Gasteiger partial charge < -0.3 is 4.52 Å². The Balaban J connectivity index is 1.92. The number of hydrogen-bond donors (Lipinski definition) is 0. The number of nitrogens with zero attached hydrogens (tertiary/aromatic N) is 4. The van der Waals surface area contributed by atoms with Gasteiger partial charge in [-0.05, 0) is 23.8 Å². The van der Waals surface area contributed by atoms with Gasteiger partial charge in [-0.1, -0.05) is 49.7 Å². The van der Waals surface area contributed by atoms with E-state index in [2.05, 4.69) is 15.2 Å². The molecule has 0 unspecified atom stereocenters. The Kier molecular flexibility index (Phi) is 4.24.